The van der Waals surface area contributed by atoms with Crippen LogP contribution in [-0.4, -0.2) is 12.3 Å². The van der Waals surface area contributed by atoms with Crippen LogP contribution in [0.4, 0.5) is 5.69 Å². The van der Waals surface area contributed by atoms with Gasteiger partial charge in [-0.2, -0.15) is 0 Å². The minimum atomic E-state index is 0.163. The van der Waals surface area contributed by atoms with Gasteiger partial charge in [0.25, 0.3) is 0 Å². The zero-order valence-corrected chi connectivity index (χ0v) is 11.7. The number of rotatable bonds is 2. The van der Waals surface area contributed by atoms with Gasteiger partial charge in [-0.1, -0.05) is 25.4 Å². The highest BCUT2D eigenvalue weighted by atomic mass is 35.5. The molecule has 17 heavy (non-hydrogen) atoms. The van der Waals surface area contributed by atoms with Crippen molar-refractivity contribution in [1.82, 2.24) is 10.0 Å². The molecule has 1 aliphatic heterocycles. The van der Waals surface area contributed by atoms with E-state index in [4.69, 9.17) is 11.6 Å². The van der Waals surface area contributed by atoms with Crippen LogP contribution in [0.5, 0.6) is 0 Å². The van der Waals surface area contributed by atoms with Gasteiger partial charge < -0.3 is 5.32 Å². The Morgan fingerprint density at radius 1 is 1.35 bits per heavy atom. The Morgan fingerprint density at radius 3 is 2.82 bits per heavy atom. The molecule has 1 heterocycles. The lowest BCUT2D eigenvalue weighted by atomic mass is 10.3. The van der Waals surface area contributed by atoms with Gasteiger partial charge >= 0.3 is 0 Å². The fraction of sp³-hybridized carbons (Fsp3) is 0.500. The van der Waals surface area contributed by atoms with Crippen molar-refractivity contribution in [1.29, 1.82) is 0 Å². The molecule has 3 nitrogen and oxygen atoms in total. The van der Waals surface area contributed by atoms with Crippen LogP contribution < -0.4 is 15.4 Å². The van der Waals surface area contributed by atoms with Crippen molar-refractivity contribution in [3.05, 3.63) is 23.2 Å². The van der Waals surface area contributed by atoms with E-state index in [9.17, 15) is 0 Å². The van der Waals surface area contributed by atoms with Gasteiger partial charge in [-0.05, 0) is 43.0 Å². The summed E-state index contributed by atoms with van der Waals surface area (Å²) in [5.41, 5.74) is 1.14. The third-order valence-electron chi connectivity index (χ3n) is 2.51. The lowest BCUT2D eigenvalue weighted by Crippen LogP contribution is -2.48. The summed E-state index contributed by atoms with van der Waals surface area (Å²) in [4.78, 5) is 1.15. The predicted molar refractivity (Wildman–Crippen MR) is 75.4 cm³/mol. The lowest BCUT2D eigenvalue weighted by molar-refractivity contribution is 0.541. The summed E-state index contributed by atoms with van der Waals surface area (Å²) in [5, 5.41) is 7.64. The summed E-state index contributed by atoms with van der Waals surface area (Å²) >= 11 is 7.54. The Morgan fingerprint density at radius 2 is 2.12 bits per heavy atom. The molecular formula is C12H18ClN3S. The first-order chi connectivity index (χ1) is 8.31. The molecule has 1 aliphatic carbocycles. The summed E-state index contributed by atoms with van der Waals surface area (Å²) in [7, 11) is 0. The minimum absolute atomic E-state index is 0.163. The molecule has 1 atom stereocenters. The summed E-state index contributed by atoms with van der Waals surface area (Å²) in [6.45, 7) is 4.00. The van der Waals surface area contributed by atoms with E-state index in [2.05, 4.69) is 15.4 Å². The third-order valence-corrected chi connectivity index (χ3v) is 3.66. The number of nitrogens with one attached hydrogen (secondary N) is 3. The lowest BCUT2D eigenvalue weighted by Gasteiger charge is -2.28. The van der Waals surface area contributed by atoms with Crippen LogP contribution in [0.2, 0.25) is 5.02 Å². The average molecular weight is 272 g/mol. The van der Waals surface area contributed by atoms with E-state index in [1.54, 1.807) is 11.9 Å². The van der Waals surface area contributed by atoms with Gasteiger partial charge in [0.15, 0.2) is 0 Å². The number of fused-ring (bicyclic) bond motifs is 1. The first-order valence-corrected chi connectivity index (χ1v) is 7.25. The van der Waals surface area contributed by atoms with Crippen molar-refractivity contribution in [2.75, 3.05) is 5.32 Å². The molecule has 1 unspecified atom stereocenters. The molecule has 0 amide bonds. The molecule has 1 aromatic rings. The zero-order chi connectivity index (χ0) is 12.3. The molecule has 0 radical (unpaired) electrons. The van der Waals surface area contributed by atoms with Crippen LogP contribution in [0, 0.1) is 0 Å². The van der Waals surface area contributed by atoms with Crippen molar-refractivity contribution in [3.63, 3.8) is 0 Å². The smallest absolute Gasteiger partial charge is 0.142 e. The Kier molecular flexibility index (Phi) is 4.56. The Hall–Kier alpha value is -0.420. The van der Waals surface area contributed by atoms with Gasteiger partial charge in [0, 0.05) is 16.0 Å². The van der Waals surface area contributed by atoms with E-state index in [1.807, 2.05) is 32.0 Å². The second-order valence-corrected chi connectivity index (χ2v) is 5.19. The molecule has 0 aromatic heterocycles. The number of halogens is 1. The molecule has 3 N–H and O–H groups in total. The van der Waals surface area contributed by atoms with Crippen molar-refractivity contribution in [2.45, 2.75) is 43.9 Å². The van der Waals surface area contributed by atoms with Crippen molar-refractivity contribution in [3.8, 4) is 0 Å². The molecule has 2 aliphatic rings. The molecule has 0 saturated heterocycles. The molecule has 1 aromatic carbocycles. The maximum atomic E-state index is 5.92. The summed E-state index contributed by atoms with van der Waals surface area (Å²) in [6.07, 6.45) is 2.74. The molecule has 5 heteroatoms. The van der Waals surface area contributed by atoms with Gasteiger partial charge in [-0.25, -0.2) is 4.72 Å². The van der Waals surface area contributed by atoms with Crippen LogP contribution in [0.25, 0.3) is 0 Å². The van der Waals surface area contributed by atoms with Gasteiger partial charge in [0.2, 0.25) is 0 Å². The SMILES string of the molecule is CC.Clc1ccc2c(c1)SNC(NC1CC1)N2. The predicted octanol–water partition coefficient (Wildman–Crippen LogP) is 3.42. The maximum absolute atomic E-state index is 5.92. The largest absolute Gasteiger partial charge is 0.356 e. The Bertz CT molecular complexity index is 382. The normalized spacial score (nSPS) is 21.9. The fourth-order valence-corrected chi connectivity index (χ4v) is 2.60. The van der Waals surface area contributed by atoms with Gasteiger partial charge in [0.1, 0.15) is 6.29 Å². The highest BCUT2D eigenvalue weighted by molar-refractivity contribution is 7.97. The van der Waals surface area contributed by atoms with E-state index in [0.29, 0.717) is 6.04 Å². The van der Waals surface area contributed by atoms with E-state index in [-0.39, 0.29) is 6.29 Å². The molecule has 1 saturated carbocycles. The standard InChI is InChI=1S/C10H12ClN3S.C2H6/c11-6-1-4-8-9(5-6)15-14-10(13-8)12-7-2-3-7;1-2/h1,4-5,7,10,12-14H,2-3H2;1-2H3. The number of hydrogen-bond acceptors (Lipinski definition) is 4. The molecule has 94 valence electrons. The van der Waals surface area contributed by atoms with Crippen LogP contribution in [0.3, 0.4) is 0 Å². The molecule has 0 spiro atoms. The second kappa shape index (κ2) is 5.96. The number of anilines is 1. The van der Waals surface area contributed by atoms with E-state index in [1.165, 1.54) is 12.8 Å². The monoisotopic (exact) mass is 271 g/mol. The van der Waals surface area contributed by atoms with Gasteiger partial charge in [-0.3, -0.25) is 5.32 Å². The summed E-state index contributed by atoms with van der Waals surface area (Å²) in [6, 6.07) is 6.58. The van der Waals surface area contributed by atoms with E-state index >= 15 is 0 Å². The topological polar surface area (TPSA) is 36.1 Å². The van der Waals surface area contributed by atoms with E-state index in [0.717, 1.165) is 15.6 Å². The van der Waals surface area contributed by atoms with Gasteiger partial charge in [-0.15, -0.1) is 0 Å². The number of benzene rings is 1. The number of hydrogen-bond donors (Lipinski definition) is 3. The maximum Gasteiger partial charge on any atom is 0.142 e. The molecule has 3 rings (SSSR count). The quantitative estimate of drug-likeness (QED) is 0.721. The van der Waals surface area contributed by atoms with Crippen LogP contribution >= 0.6 is 23.5 Å². The van der Waals surface area contributed by atoms with Crippen LogP contribution in [0.15, 0.2) is 23.1 Å². The Labute approximate surface area is 112 Å². The average Bonchev–Trinajstić information content (AvgIpc) is 3.16. The van der Waals surface area contributed by atoms with Crippen LogP contribution in [0.1, 0.15) is 26.7 Å². The Balaban J connectivity index is 0.000000514. The highest BCUT2D eigenvalue weighted by Gasteiger charge is 2.26. The first kappa shape index (κ1) is 13.0. The second-order valence-electron chi connectivity index (χ2n) is 3.88. The minimum Gasteiger partial charge on any atom is -0.356 e. The summed E-state index contributed by atoms with van der Waals surface area (Å²) < 4.78 is 3.31. The van der Waals surface area contributed by atoms with E-state index < -0.39 is 0 Å². The summed E-state index contributed by atoms with van der Waals surface area (Å²) in [5.74, 6) is 0. The van der Waals surface area contributed by atoms with Crippen molar-refractivity contribution >= 4 is 29.2 Å². The zero-order valence-electron chi connectivity index (χ0n) is 10.1. The van der Waals surface area contributed by atoms with Crippen LogP contribution in [-0.2, 0) is 0 Å². The first-order valence-electron chi connectivity index (χ1n) is 6.06. The van der Waals surface area contributed by atoms with Crippen molar-refractivity contribution < 1.29 is 0 Å². The third kappa shape index (κ3) is 3.52. The highest BCUT2D eigenvalue weighted by Crippen LogP contribution is 2.32. The van der Waals surface area contributed by atoms with Crippen molar-refractivity contribution in [2.24, 2.45) is 0 Å². The molecule has 0 bridgehead atoms. The van der Waals surface area contributed by atoms with Gasteiger partial charge in [0.05, 0.1) is 5.69 Å². The fourth-order valence-electron chi connectivity index (χ4n) is 1.57. The molecule has 1 fully saturated rings. The molecular weight excluding hydrogens is 254 g/mol.